The maximum atomic E-state index is 10.2. The second-order valence-corrected chi connectivity index (χ2v) is 5.38. The summed E-state index contributed by atoms with van der Waals surface area (Å²) in [6.07, 6.45) is 1.09. The van der Waals surface area contributed by atoms with Gasteiger partial charge >= 0.3 is 0 Å². The Morgan fingerprint density at radius 3 is 2.74 bits per heavy atom. The fourth-order valence-electron chi connectivity index (χ4n) is 1.64. The van der Waals surface area contributed by atoms with Crippen molar-refractivity contribution >= 4 is 33.8 Å². The molecule has 1 aromatic heterocycles. The Morgan fingerprint density at radius 1 is 1.37 bits per heavy atom. The molecule has 0 aliphatic carbocycles. The van der Waals surface area contributed by atoms with E-state index in [9.17, 15) is 5.11 Å². The van der Waals surface area contributed by atoms with Crippen molar-refractivity contribution < 1.29 is 5.11 Å². The quantitative estimate of drug-likeness (QED) is 0.756. The molecular weight excluding hydrogens is 278 g/mol. The molecule has 6 heteroatoms. The number of rotatable bonds is 4. The zero-order valence-electron chi connectivity index (χ0n) is 10.4. The predicted molar refractivity (Wildman–Crippen MR) is 82.3 cm³/mol. The number of nitrogens with zero attached hydrogens (tertiary/aromatic N) is 1. The standard InChI is InChI=1S/C13H15N3OS2/c1-9(11(17)10-5-3-2-4-6-10)15-12(18)16-13-14-7-8-19-13/h2-9,11,17H,1H3,(H2,14,15,16,18). The average Bonchev–Trinajstić information content (AvgIpc) is 2.91. The van der Waals surface area contributed by atoms with Crippen LogP contribution in [0.5, 0.6) is 0 Å². The Hall–Kier alpha value is -1.50. The van der Waals surface area contributed by atoms with Gasteiger partial charge in [0.15, 0.2) is 10.2 Å². The van der Waals surface area contributed by atoms with Crippen LogP contribution in [0.2, 0.25) is 0 Å². The minimum Gasteiger partial charge on any atom is -0.386 e. The van der Waals surface area contributed by atoms with Crippen molar-refractivity contribution in [2.75, 3.05) is 5.32 Å². The van der Waals surface area contributed by atoms with E-state index in [0.717, 1.165) is 10.7 Å². The molecule has 2 atom stereocenters. The molecule has 0 aliphatic heterocycles. The highest BCUT2D eigenvalue weighted by Gasteiger charge is 2.16. The third-order valence-electron chi connectivity index (χ3n) is 2.63. The first-order valence-corrected chi connectivity index (χ1v) is 7.15. The molecule has 1 heterocycles. The van der Waals surface area contributed by atoms with E-state index in [0.29, 0.717) is 5.11 Å². The molecule has 2 aromatic rings. The molecule has 2 unspecified atom stereocenters. The molecular formula is C13H15N3OS2. The summed E-state index contributed by atoms with van der Waals surface area (Å²) < 4.78 is 0. The van der Waals surface area contributed by atoms with Crippen LogP contribution in [-0.4, -0.2) is 21.2 Å². The van der Waals surface area contributed by atoms with Crippen LogP contribution >= 0.6 is 23.6 Å². The number of aliphatic hydroxyl groups excluding tert-OH is 1. The summed E-state index contributed by atoms with van der Waals surface area (Å²) in [5.74, 6) is 0. The minimum absolute atomic E-state index is 0.192. The highest BCUT2D eigenvalue weighted by atomic mass is 32.1. The molecule has 0 saturated heterocycles. The van der Waals surface area contributed by atoms with Gasteiger partial charge in [-0.2, -0.15) is 0 Å². The van der Waals surface area contributed by atoms with Gasteiger partial charge in [-0.3, -0.25) is 0 Å². The van der Waals surface area contributed by atoms with Crippen LogP contribution in [0.4, 0.5) is 5.13 Å². The van der Waals surface area contributed by atoms with Crippen molar-refractivity contribution in [3.8, 4) is 0 Å². The fourth-order valence-corrected chi connectivity index (χ4v) is 2.52. The van der Waals surface area contributed by atoms with Crippen LogP contribution in [0.3, 0.4) is 0 Å². The van der Waals surface area contributed by atoms with E-state index >= 15 is 0 Å². The molecule has 2 rings (SSSR count). The van der Waals surface area contributed by atoms with Gasteiger partial charge in [0.05, 0.1) is 12.1 Å². The lowest BCUT2D eigenvalue weighted by Crippen LogP contribution is -2.39. The normalized spacial score (nSPS) is 13.6. The molecule has 1 aromatic carbocycles. The maximum absolute atomic E-state index is 10.2. The Morgan fingerprint density at radius 2 is 2.11 bits per heavy atom. The third-order valence-corrected chi connectivity index (χ3v) is 3.53. The zero-order valence-corrected chi connectivity index (χ0v) is 12.0. The van der Waals surface area contributed by atoms with Crippen molar-refractivity contribution in [2.45, 2.75) is 19.1 Å². The van der Waals surface area contributed by atoms with Crippen molar-refractivity contribution in [3.63, 3.8) is 0 Å². The SMILES string of the molecule is CC(NC(=S)Nc1nccs1)C(O)c1ccccc1. The smallest absolute Gasteiger partial charge is 0.188 e. The summed E-state index contributed by atoms with van der Waals surface area (Å²) in [5, 5.41) is 19.3. The summed E-state index contributed by atoms with van der Waals surface area (Å²) in [7, 11) is 0. The lowest BCUT2D eigenvalue weighted by atomic mass is 10.0. The first kappa shape index (κ1) is 13.9. The molecule has 0 spiro atoms. The lowest BCUT2D eigenvalue weighted by Gasteiger charge is -2.21. The molecule has 0 amide bonds. The summed E-state index contributed by atoms with van der Waals surface area (Å²) in [5.41, 5.74) is 0.861. The highest BCUT2D eigenvalue weighted by Crippen LogP contribution is 2.16. The Bertz CT molecular complexity index is 516. The number of anilines is 1. The Labute approximate surface area is 121 Å². The van der Waals surface area contributed by atoms with Gasteiger partial charge in [0.25, 0.3) is 0 Å². The molecule has 0 fully saturated rings. The number of thiocarbonyl (C=S) groups is 1. The monoisotopic (exact) mass is 293 g/mol. The Balaban J connectivity index is 1.90. The number of thiazole rings is 1. The lowest BCUT2D eigenvalue weighted by molar-refractivity contribution is 0.145. The maximum Gasteiger partial charge on any atom is 0.188 e. The van der Waals surface area contributed by atoms with E-state index in [4.69, 9.17) is 12.2 Å². The highest BCUT2D eigenvalue weighted by molar-refractivity contribution is 7.80. The van der Waals surface area contributed by atoms with E-state index in [-0.39, 0.29) is 6.04 Å². The minimum atomic E-state index is -0.614. The first-order valence-electron chi connectivity index (χ1n) is 5.87. The van der Waals surface area contributed by atoms with E-state index in [1.165, 1.54) is 11.3 Å². The molecule has 0 radical (unpaired) electrons. The van der Waals surface area contributed by atoms with Gasteiger partial charge in [0.2, 0.25) is 0 Å². The van der Waals surface area contributed by atoms with Crippen molar-refractivity contribution in [1.29, 1.82) is 0 Å². The molecule has 19 heavy (non-hydrogen) atoms. The largest absolute Gasteiger partial charge is 0.386 e. The third kappa shape index (κ3) is 3.99. The predicted octanol–water partition coefficient (Wildman–Crippen LogP) is 2.55. The van der Waals surface area contributed by atoms with Gasteiger partial charge in [-0.25, -0.2) is 4.98 Å². The van der Waals surface area contributed by atoms with Crippen LogP contribution in [0.25, 0.3) is 0 Å². The van der Waals surface area contributed by atoms with Crippen LogP contribution < -0.4 is 10.6 Å². The van der Waals surface area contributed by atoms with Crippen molar-refractivity contribution in [1.82, 2.24) is 10.3 Å². The Kier molecular flexibility index (Phi) is 4.84. The molecule has 0 bridgehead atoms. The summed E-state index contributed by atoms with van der Waals surface area (Å²) in [6, 6.07) is 9.31. The molecule has 0 aliphatic rings. The van der Waals surface area contributed by atoms with E-state index in [2.05, 4.69) is 15.6 Å². The first-order chi connectivity index (χ1) is 9.16. The summed E-state index contributed by atoms with van der Waals surface area (Å²) in [4.78, 5) is 4.08. The van der Waals surface area contributed by atoms with E-state index < -0.39 is 6.10 Å². The second kappa shape index (κ2) is 6.60. The molecule has 4 nitrogen and oxygen atoms in total. The zero-order chi connectivity index (χ0) is 13.7. The van der Waals surface area contributed by atoms with Crippen molar-refractivity contribution in [3.05, 3.63) is 47.5 Å². The number of hydrogen-bond donors (Lipinski definition) is 3. The summed E-state index contributed by atoms with van der Waals surface area (Å²) in [6.45, 7) is 1.88. The van der Waals surface area contributed by atoms with Crippen molar-refractivity contribution in [2.24, 2.45) is 0 Å². The number of nitrogens with one attached hydrogen (secondary N) is 2. The fraction of sp³-hybridized carbons (Fsp3) is 0.231. The topological polar surface area (TPSA) is 57.2 Å². The number of aliphatic hydroxyl groups is 1. The molecule has 0 saturated carbocycles. The van der Waals surface area contributed by atoms with Gasteiger partial charge < -0.3 is 15.7 Å². The molecule has 3 N–H and O–H groups in total. The summed E-state index contributed by atoms with van der Waals surface area (Å²) >= 11 is 6.65. The van der Waals surface area contributed by atoms with Crippen LogP contribution in [-0.2, 0) is 0 Å². The average molecular weight is 293 g/mol. The van der Waals surface area contributed by atoms with Gasteiger partial charge in [0.1, 0.15) is 0 Å². The van der Waals surface area contributed by atoms with Crippen LogP contribution in [0, 0.1) is 0 Å². The number of aromatic nitrogens is 1. The number of hydrogen-bond acceptors (Lipinski definition) is 4. The van der Waals surface area contributed by atoms with Gasteiger partial charge in [-0.1, -0.05) is 30.3 Å². The second-order valence-electron chi connectivity index (χ2n) is 4.08. The van der Waals surface area contributed by atoms with Crippen LogP contribution in [0.1, 0.15) is 18.6 Å². The van der Waals surface area contributed by atoms with Gasteiger partial charge in [-0.05, 0) is 24.7 Å². The molecule has 100 valence electrons. The van der Waals surface area contributed by atoms with Crippen LogP contribution in [0.15, 0.2) is 41.9 Å². The van der Waals surface area contributed by atoms with Gasteiger partial charge in [-0.15, -0.1) is 11.3 Å². The van der Waals surface area contributed by atoms with E-state index in [1.807, 2.05) is 42.6 Å². The van der Waals surface area contributed by atoms with Gasteiger partial charge in [0, 0.05) is 11.6 Å². The van der Waals surface area contributed by atoms with E-state index in [1.54, 1.807) is 6.20 Å². The number of benzene rings is 1.